The lowest BCUT2D eigenvalue weighted by molar-refractivity contribution is 0.0934. The summed E-state index contributed by atoms with van der Waals surface area (Å²) in [6.45, 7) is 0. The van der Waals surface area contributed by atoms with Crippen LogP contribution in [0.25, 0.3) is 0 Å². The number of hydrogen-bond acceptors (Lipinski definition) is 4. The maximum atomic E-state index is 12.2. The molecule has 7 heteroatoms. The first-order valence-electron chi connectivity index (χ1n) is 6.52. The lowest BCUT2D eigenvalue weighted by atomic mass is 10.2. The summed E-state index contributed by atoms with van der Waals surface area (Å²) in [5, 5.41) is 7.07. The minimum absolute atomic E-state index is 0.0494. The highest BCUT2D eigenvalue weighted by molar-refractivity contribution is 7.91. The fourth-order valence-corrected chi connectivity index (χ4v) is 4.63. The zero-order valence-corrected chi connectivity index (χ0v) is 11.7. The molecule has 1 aliphatic heterocycles. The average molecular weight is 283 g/mol. The summed E-state index contributed by atoms with van der Waals surface area (Å²) < 4.78 is 24.5. The fraction of sp³-hybridized carbons (Fsp3) is 0.667. The number of fused-ring (bicyclic) bond motifs is 1. The number of aromatic nitrogens is 2. The number of sulfone groups is 1. The number of nitrogens with one attached hydrogen (secondary N) is 1. The van der Waals surface area contributed by atoms with E-state index in [4.69, 9.17) is 0 Å². The van der Waals surface area contributed by atoms with Crippen molar-refractivity contribution in [1.29, 1.82) is 0 Å². The van der Waals surface area contributed by atoms with Crippen LogP contribution in [-0.4, -0.2) is 41.7 Å². The molecule has 1 atom stereocenters. The molecule has 2 aliphatic rings. The van der Waals surface area contributed by atoms with Crippen LogP contribution in [0.2, 0.25) is 0 Å². The molecule has 19 heavy (non-hydrogen) atoms. The van der Waals surface area contributed by atoms with Crippen LogP contribution in [0.5, 0.6) is 0 Å². The standard InChI is InChI=1S/C12H17N3O3S/c1-15-10-4-2-3-9(10)11(14-15)12(16)13-8-5-6-19(17,18)7-8/h8H,2-7H2,1H3,(H,13,16). The summed E-state index contributed by atoms with van der Waals surface area (Å²) in [4.78, 5) is 12.2. The lowest BCUT2D eigenvalue weighted by Gasteiger charge is -2.09. The molecule has 3 rings (SSSR count). The van der Waals surface area contributed by atoms with Gasteiger partial charge >= 0.3 is 0 Å². The first kappa shape index (κ1) is 12.7. The van der Waals surface area contributed by atoms with E-state index in [2.05, 4.69) is 10.4 Å². The summed E-state index contributed by atoms with van der Waals surface area (Å²) in [6.07, 6.45) is 3.40. The van der Waals surface area contributed by atoms with Crippen molar-refractivity contribution in [2.75, 3.05) is 11.5 Å². The van der Waals surface area contributed by atoms with Gasteiger partial charge < -0.3 is 5.32 Å². The predicted octanol–water partition coefficient (Wildman–Crippen LogP) is -0.174. The van der Waals surface area contributed by atoms with Gasteiger partial charge in [-0.15, -0.1) is 0 Å². The molecule has 1 unspecified atom stereocenters. The Labute approximate surface area is 112 Å². The highest BCUT2D eigenvalue weighted by Gasteiger charge is 2.31. The third-order valence-corrected chi connectivity index (χ3v) is 5.67. The van der Waals surface area contributed by atoms with Crippen LogP contribution in [0.15, 0.2) is 0 Å². The molecule has 1 fully saturated rings. The first-order valence-corrected chi connectivity index (χ1v) is 8.34. The Bertz CT molecular complexity index is 633. The molecular weight excluding hydrogens is 266 g/mol. The minimum atomic E-state index is -2.97. The van der Waals surface area contributed by atoms with Crippen molar-refractivity contribution in [3.05, 3.63) is 17.0 Å². The summed E-state index contributed by atoms with van der Waals surface area (Å²) in [5.41, 5.74) is 2.63. The van der Waals surface area contributed by atoms with E-state index in [-0.39, 0.29) is 23.5 Å². The van der Waals surface area contributed by atoms with Gasteiger partial charge in [-0.05, 0) is 25.7 Å². The van der Waals surface area contributed by atoms with E-state index in [1.807, 2.05) is 7.05 Å². The van der Waals surface area contributed by atoms with Gasteiger partial charge in [-0.1, -0.05) is 0 Å². The molecule has 1 amide bonds. The maximum absolute atomic E-state index is 12.2. The van der Waals surface area contributed by atoms with Crippen LogP contribution in [0, 0.1) is 0 Å². The summed E-state index contributed by atoms with van der Waals surface area (Å²) in [7, 11) is -1.12. The molecule has 104 valence electrons. The van der Waals surface area contributed by atoms with E-state index in [1.54, 1.807) is 4.68 Å². The van der Waals surface area contributed by atoms with Crippen LogP contribution in [-0.2, 0) is 29.7 Å². The Kier molecular flexibility index (Phi) is 2.88. The van der Waals surface area contributed by atoms with Crippen molar-refractivity contribution in [2.24, 2.45) is 7.05 Å². The van der Waals surface area contributed by atoms with Gasteiger partial charge in [0.1, 0.15) is 0 Å². The number of rotatable bonds is 2. The van der Waals surface area contributed by atoms with E-state index >= 15 is 0 Å². The predicted molar refractivity (Wildman–Crippen MR) is 69.8 cm³/mol. The molecule has 1 saturated heterocycles. The number of nitrogens with zero attached hydrogens (tertiary/aromatic N) is 2. The van der Waals surface area contributed by atoms with Gasteiger partial charge in [0, 0.05) is 24.3 Å². The number of aryl methyl sites for hydroxylation is 1. The van der Waals surface area contributed by atoms with Crippen LogP contribution >= 0.6 is 0 Å². The summed E-state index contributed by atoms with van der Waals surface area (Å²) in [5.74, 6) is -0.0210. The van der Waals surface area contributed by atoms with E-state index in [1.165, 1.54) is 0 Å². The van der Waals surface area contributed by atoms with Gasteiger partial charge in [0.2, 0.25) is 0 Å². The van der Waals surface area contributed by atoms with Crippen LogP contribution in [0.3, 0.4) is 0 Å². The lowest BCUT2D eigenvalue weighted by Crippen LogP contribution is -2.36. The van der Waals surface area contributed by atoms with Crippen molar-refractivity contribution in [3.63, 3.8) is 0 Å². The van der Waals surface area contributed by atoms with Gasteiger partial charge in [-0.3, -0.25) is 9.48 Å². The van der Waals surface area contributed by atoms with Crippen LogP contribution in [0.1, 0.15) is 34.6 Å². The average Bonchev–Trinajstić information content (AvgIpc) is 2.97. The number of carbonyl (C=O) groups is 1. The van der Waals surface area contributed by atoms with Gasteiger partial charge in [0.15, 0.2) is 15.5 Å². The Balaban J connectivity index is 1.77. The molecule has 1 aliphatic carbocycles. The quantitative estimate of drug-likeness (QED) is 0.817. The van der Waals surface area contributed by atoms with Gasteiger partial charge in [0.05, 0.1) is 11.5 Å². The van der Waals surface area contributed by atoms with Crippen molar-refractivity contribution >= 4 is 15.7 Å². The molecule has 0 radical (unpaired) electrons. The minimum Gasteiger partial charge on any atom is -0.347 e. The first-order chi connectivity index (χ1) is 8.96. The monoisotopic (exact) mass is 283 g/mol. The molecule has 1 N–H and O–H groups in total. The van der Waals surface area contributed by atoms with Gasteiger partial charge in [0.25, 0.3) is 5.91 Å². The third-order valence-electron chi connectivity index (χ3n) is 3.90. The van der Waals surface area contributed by atoms with E-state index in [0.29, 0.717) is 12.1 Å². The second-order valence-electron chi connectivity index (χ2n) is 5.32. The van der Waals surface area contributed by atoms with E-state index in [0.717, 1.165) is 30.5 Å². The molecule has 6 nitrogen and oxygen atoms in total. The highest BCUT2D eigenvalue weighted by Crippen LogP contribution is 2.24. The summed E-state index contributed by atoms with van der Waals surface area (Å²) in [6, 6.07) is -0.267. The fourth-order valence-electron chi connectivity index (χ4n) is 2.96. The SMILES string of the molecule is Cn1nc(C(=O)NC2CCS(=O)(=O)C2)c2c1CCC2. The molecule has 2 heterocycles. The van der Waals surface area contributed by atoms with Crippen LogP contribution < -0.4 is 5.32 Å². The van der Waals surface area contributed by atoms with Gasteiger partial charge in [-0.25, -0.2) is 8.42 Å². The molecule has 0 aromatic carbocycles. The Morgan fingerprint density at radius 2 is 2.21 bits per heavy atom. The Morgan fingerprint density at radius 3 is 2.89 bits per heavy atom. The topological polar surface area (TPSA) is 81.1 Å². The molecule has 0 bridgehead atoms. The van der Waals surface area contributed by atoms with Gasteiger partial charge in [-0.2, -0.15) is 5.10 Å². The second kappa shape index (κ2) is 4.33. The summed E-state index contributed by atoms with van der Waals surface area (Å²) >= 11 is 0. The highest BCUT2D eigenvalue weighted by atomic mass is 32.2. The Hall–Kier alpha value is -1.37. The van der Waals surface area contributed by atoms with Crippen molar-refractivity contribution in [3.8, 4) is 0 Å². The van der Waals surface area contributed by atoms with E-state index in [9.17, 15) is 13.2 Å². The molecule has 0 spiro atoms. The van der Waals surface area contributed by atoms with Crippen molar-refractivity contribution in [2.45, 2.75) is 31.7 Å². The zero-order valence-electron chi connectivity index (χ0n) is 10.8. The van der Waals surface area contributed by atoms with Crippen LogP contribution in [0.4, 0.5) is 0 Å². The zero-order chi connectivity index (χ0) is 13.6. The molecule has 0 saturated carbocycles. The number of carbonyl (C=O) groups excluding carboxylic acids is 1. The molecular formula is C12H17N3O3S. The van der Waals surface area contributed by atoms with E-state index < -0.39 is 9.84 Å². The second-order valence-corrected chi connectivity index (χ2v) is 7.55. The third kappa shape index (κ3) is 2.27. The normalized spacial score (nSPS) is 24.4. The Morgan fingerprint density at radius 1 is 1.42 bits per heavy atom. The number of hydrogen-bond donors (Lipinski definition) is 1. The van der Waals surface area contributed by atoms with Crippen molar-refractivity contribution < 1.29 is 13.2 Å². The molecule has 1 aromatic heterocycles. The molecule has 1 aromatic rings. The smallest absolute Gasteiger partial charge is 0.272 e. The number of amides is 1. The maximum Gasteiger partial charge on any atom is 0.272 e. The largest absolute Gasteiger partial charge is 0.347 e. The van der Waals surface area contributed by atoms with Crippen molar-refractivity contribution in [1.82, 2.24) is 15.1 Å².